The Morgan fingerprint density at radius 2 is 2.05 bits per heavy atom. The second-order valence-corrected chi connectivity index (χ2v) is 5.20. The minimum Gasteiger partial charge on any atom is -0.368 e. The topological polar surface area (TPSA) is 61.9 Å². The molecule has 2 fully saturated rings. The third kappa shape index (κ3) is 4.05. The van der Waals surface area contributed by atoms with E-state index in [4.69, 9.17) is 4.74 Å². The van der Waals surface area contributed by atoms with Crippen molar-refractivity contribution in [3.63, 3.8) is 0 Å². The Hall–Kier alpha value is -1.40. The summed E-state index contributed by atoms with van der Waals surface area (Å²) in [6.07, 6.45) is 3.23. The van der Waals surface area contributed by atoms with Crippen LogP contribution in [0.2, 0.25) is 0 Å². The molecular weight excluding hydrogens is 258 g/mol. The van der Waals surface area contributed by atoms with Crippen LogP contribution in [0.25, 0.3) is 0 Å². The first kappa shape index (κ1) is 15.0. The highest BCUT2D eigenvalue weighted by Crippen LogP contribution is 2.15. The fourth-order valence-corrected chi connectivity index (χ4v) is 2.55. The summed E-state index contributed by atoms with van der Waals surface area (Å²) < 4.78 is 5.43. The molecule has 1 N–H and O–H groups in total. The Morgan fingerprint density at radius 3 is 2.65 bits per heavy atom. The summed E-state index contributed by atoms with van der Waals surface area (Å²) in [6.45, 7) is 7.96. The van der Waals surface area contributed by atoms with Crippen LogP contribution in [0.15, 0.2) is 12.7 Å². The smallest absolute Gasteiger partial charge is 0.251 e. The SMILES string of the molecule is C=CCNC(=O)CN1CCN(C(=O)C2CCCO2)CC1. The molecule has 1 atom stereocenters. The Bertz CT molecular complexity index is 359. The normalized spacial score (nSPS) is 23.6. The van der Waals surface area contributed by atoms with Gasteiger partial charge >= 0.3 is 0 Å². The van der Waals surface area contributed by atoms with E-state index in [0.717, 1.165) is 25.9 Å². The molecule has 2 aliphatic heterocycles. The molecule has 2 amide bonds. The van der Waals surface area contributed by atoms with Gasteiger partial charge in [0.25, 0.3) is 5.91 Å². The average Bonchev–Trinajstić information content (AvgIpc) is 2.99. The number of carbonyl (C=O) groups is 2. The van der Waals surface area contributed by atoms with Gasteiger partial charge in [-0.1, -0.05) is 6.08 Å². The highest BCUT2D eigenvalue weighted by Gasteiger charge is 2.30. The molecule has 0 aromatic heterocycles. The van der Waals surface area contributed by atoms with Gasteiger partial charge in [-0.2, -0.15) is 0 Å². The van der Waals surface area contributed by atoms with Crippen LogP contribution in [0, 0.1) is 0 Å². The zero-order chi connectivity index (χ0) is 14.4. The lowest BCUT2D eigenvalue weighted by molar-refractivity contribution is -0.142. The predicted molar refractivity (Wildman–Crippen MR) is 75.2 cm³/mol. The van der Waals surface area contributed by atoms with Crippen LogP contribution < -0.4 is 5.32 Å². The first-order valence-electron chi connectivity index (χ1n) is 7.21. The molecule has 20 heavy (non-hydrogen) atoms. The van der Waals surface area contributed by atoms with E-state index in [1.807, 2.05) is 4.90 Å². The van der Waals surface area contributed by atoms with Crippen molar-refractivity contribution in [3.05, 3.63) is 12.7 Å². The number of ether oxygens (including phenoxy) is 1. The number of nitrogens with one attached hydrogen (secondary N) is 1. The van der Waals surface area contributed by atoms with E-state index in [2.05, 4.69) is 16.8 Å². The van der Waals surface area contributed by atoms with Crippen molar-refractivity contribution in [2.45, 2.75) is 18.9 Å². The number of amides is 2. The van der Waals surface area contributed by atoms with Crippen LogP contribution >= 0.6 is 0 Å². The molecule has 2 aliphatic rings. The van der Waals surface area contributed by atoms with E-state index in [9.17, 15) is 9.59 Å². The van der Waals surface area contributed by atoms with Crippen molar-refractivity contribution in [3.8, 4) is 0 Å². The number of rotatable bonds is 5. The van der Waals surface area contributed by atoms with Gasteiger partial charge in [-0.3, -0.25) is 14.5 Å². The molecular formula is C14H23N3O3. The number of carbonyl (C=O) groups excluding carboxylic acids is 2. The van der Waals surface area contributed by atoms with E-state index in [0.29, 0.717) is 32.8 Å². The zero-order valence-corrected chi connectivity index (χ0v) is 11.8. The molecule has 0 aliphatic carbocycles. The molecule has 2 rings (SSSR count). The maximum atomic E-state index is 12.2. The van der Waals surface area contributed by atoms with Gasteiger partial charge in [-0.25, -0.2) is 0 Å². The summed E-state index contributed by atoms with van der Waals surface area (Å²) in [7, 11) is 0. The van der Waals surface area contributed by atoms with Crippen molar-refractivity contribution in [2.24, 2.45) is 0 Å². The molecule has 6 heteroatoms. The third-order valence-electron chi connectivity index (χ3n) is 3.70. The van der Waals surface area contributed by atoms with Crippen LogP contribution in [-0.4, -0.2) is 73.6 Å². The fourth-order valence-electron chi connectivity index (χ4n) is 2.55. The number of nitrogens with zero attached hydrogens (tertiary/aromatic N) is 2. The lowest BCUT2D eigenvalue weighted by Crippen LogP contribution is -2.53. The predicted octanol–water partition coefficient (Wildman–Crippen LogP) is -0.388. The zero-order valence-electron chi connectivity index (χ0n) is 11.8. The minimum atomic E-state index is -0.238. The van der Waals surface area contributed by atoms with Crippen molar-refractivity contribution in [1.82, 2.24) is 15.1 Å². The van der Waals surface area contributed by atoms with Crippen LogP contribution in [0.5, 0.6) is 0 Å². The number of piperazine rings is 1. The van der Waals surface area contributed by atoms with Gasteiger partial charge < -0.3 is 15.0 Å². The largest absolute Gasteiger partial charge is 0.368 e. The Labute approximate surface area is 119 Å². The Balaban J connectivity index is 1.70. The minimum absolute atomic E-state index is 0.00352. The lowest BCUT2D eigenvalue weighted by atomic mass is 10.2. The van der Waals surface area contributed by atoms with Crippen LogP contribution in [0.3, 0.4) is 0 Å². The Kier molecular flexibility index (Phi) is 5.55. The Morgan fingerprint density at radius 1 is 1.30 bits per heavy atom. The van der Waals surface area contributed by atoms with Crippen LogP contribution in [0.4, 0.5) is 0 Å². The maximum Gasteiger partial charge on any atom is 0.251 e. The molecule has 6 nitrogen and oxygen atoms in total. The molecule has 0 saturated carbocycles. The molecule has 0 radical (unpaired) electrons. The summed E-state index contributed by atoms with van der Waals surface area (Å²) in [5.41, 5.74) is 0. The highest BCUT2D eigenvalue weighted by molar-refractivity contribution is 5.81. The summed E-state index contributed by atoms with van der Waals surface area (Å²) in [5, 5.41) is 2.76. The van der Waals surface area contributed by atoms with E-state index < -0.39 is 0 Å². The van der Waals surface area contributed by atoms with E-state index in [1.54, 1.807) is 6.08 Å². The maximum absolute atomic E-state index is 12.2. The monoisotopic (exact) mass is 281 g/mol. The first-order valence-corrected chi connectivity index (χ1v) is 7.21. The molecule has 0 aromatic carbocycles. The molecule has 2 saturated heterocycles. The van der Waals surface area contributed by atoms with Gasteiger partial charge in [-0.05, 0) is 12.8 Å². The standard InChI is InChI=1S/C14H23N3O3/c1-2-5-15-13(18)11-16-6-8-17(9-7-16)14(19)12-4-3-10-20-12/h2,12H,1,3-11H2,(H,15,18). The molecule has 0 spiro atoms. The van der Waals surface area contributed by atoms with Gasteiger partial charge in [0.1, 0.15) is 6.10 Å². The van der Waals surface area contributed by atoms with Gasteiger partial charge in [-0.15, -0.1) is 6.58 Å². The van der Waals surface area contributed by atoms with Gasteiger partial charge in [0.05, 0.1) is 6.54 Å². The van der Waals surface area contributed by atoms with Crippen molar-refractivity contribution < 1.29 is 14.3 Å². The molecule has 2 heterocycles. The number of hydrogen-bond donors (Lipinski definition) is 1. The van der Waals surface area contributed by atoms with Crippen molar-refractivity contribution in [1.29, 1.82) is 0 Å². The summed E-state index contributed by atoms with van der Waals surface area (Å²) in [4.78, 5) is 27.7. The van der Waals surface area contributed by atoms with Crippen molar-refractivity contribution >= 4 is 11.8 Å². The quantitative estimate of drug-likeness (QED) is 0.697. The third-order valence-corrected chi connectivity index (χ3v) is 3.70. The van der Waals surface area contributed by atoms with E-state index >= 15 is 0 Å². The summed E-state index contributed by atoms with van der Waals surface area (Å²) >= 11 is 0. The van der Waals surface area contributed by atoms with E-state index in [1.165, 1.54) is 0 Å². The van der Waals surface area contributed by atoms with Gasteiger partial charge in [0.2, 0.25) is 5.91 Å². The van der Waals surface area contributed by atoms with Gasteiger partial charge in [0.15, 0.2) is 0 Å². The van der Waals surface area contributed by atoms with Crippen molar-refractivity contribution in [2.75, 3.05) is 45.9 Å². The second kappa shape index (κ2) is 7.40. The average molecular weight is 281 g/mol. The van der Waals surface area contributed by atoms with Crippen LogP contribution in [0.1, 0.15) is 12.8 Å². The summed E-state index contributed by atoms with van der Waals surface area (Å²) in [6, 6.07) is 0. The summed E-state index contributed by atoms with van der Waals surface area (Å²) in [5.74, 6) is 0.113. The second-order valence-electron chi connectivity index (χ2n) is 5.20. The lowest BCUT2D eigenvalue weighted by Gasteiger charge is -2.35. The van der Waals surface area contributed by atoms with Gasteiger partial charge in [0, 0.05) is 39.3 Å². The molecule has 0 bridgehead atoms. The fraction of sp³-hybridized carbons (Fsp3) is 0.714. The molecule has 0 aromatic rings. The number of hydrogen-bond acceptors (Lipinski definition) is 4. The highest BCUT2D eigenvalue weighted by atomic mass is 16.5. The van der Waals surface area contributed by atoms with Crippen LogP contribution in [-0.2, 0) is 14.3 Å². The molecule has 112 valence electrons. The first-order chi connectivity index (χ1) is 9.70. The van der Waals surface area contributed by atoms with E-state index in [-0.39, 0.29) is 17.9 Å². The molecule has 1 unspecified atom stereocenters.